The summed E-state index contributed by atoms with van der Waals surface area (Å²) in [6.45, 7) is 0.132. The number of nitrogens with one attached hydrogen (secondary N) is 2. The van der Waals surface area contributed by atoms with Crippen molar-refractivity contribution in [1.82, 2.24) is 5.32 Å². The van der Waals surface area contributed by atoms with Gasteiger partial charge in [0.05, 0.1) is 17.1 Å². The molecule has 0 fully saturated rings. The minimum absolute atomic E-state index is 0.0553. The van der Waals surface area contributed by atoms with E-state index in [2.05, 4.69) is 10.6 Å². The van der Waals surface area contributed by atoms with Gasteiger partial charge in [-0.05, 0) is 30.3 Å². The van der Waals surface area contributed by atoms with Crippen LogP contribution in [-0.4, -0.2) is 19.2 Å². The van der Waals surface area contributed by atoms with E-state index in [0.29, 0.717) is 5.75 Å². The third-order valence-corrected chi connectivity index (χ3v) is 3.31. The van der Waals surface area contributed by atoms with Crippen molar-refractivity contribution >= 4 is 23.3 Å². The molecule has 0 aliphatic rings. The SMILES string of the molecule is O=C(NCCOc1cccc(F)c1)Nc1ccc(Cl)c(C(F)(F)F)c1. The summed E-state index contributed by atoms with van der Waals surface area (Å²) in [5.74, 6) is -0.152. The number of amides is 2. The molecule has 0 saturated heterocycles. The summed E-state index contributed by atoms with van der Waals surface area (Å²) >= 11 is 5.50. The van der Waals surface area contributed by atoms with Crippen LogP contribution in [0.2, 0.25) is 5.02 Å². The first-order chi connectivity index (χ1) is 11.8. The van der Waals surface area contributed by atoms with Crippen molar-refractivity contribution < 1.29 is 27.1 Å². The first-order valence-electron chi connectivity index (χ1n) is 7.05. The highest BCUT2D eigenvalue weighted by molar-refractivity contribution is 6.31. The number of carbonyl (C=O) groups is 1. The molecule has 0 aromatic heterocycles. The maximum Gasteiger partial charge on any atom is 0.417 e. The Hall–Kier alpha value is -2.48. The number of carbonyl (C=O) groups excluding carboxylic acids is 1. The van der Waals surface area contributed by atoms with Gasteiger partial charge in [-0.25, -0.2) is 9.18 Å². The molecule has 0 heterocycles. The number of alkyl halides is 3. The Morgan fingerprint density at radius 3 is 2.60 bits per heavy atom. The lowest BCUT2D eigenvalue weighted by Crippen LogP contribution is -2.32. The maximum atomic E-state index is 12.9. The van der Waals surface area contributed by atoms with Gasteiger partial charge in [0.25, 0.3) is 0 Å². The molecular weight excluding hydrogens is 364 g/mol. The molecule has 0 unspecified atom stereocenters. The third kappa shape index (κ3) is 5.82. The highest BCUT2D eigenvalue weighted by Crippen LogP contribution is 2.36. The van der Waals surface area contributed by atoms with Crippen LogP contribution >= 0.6 is 11.6 Å². The topological polar surface area (TPSA) is 50.4 Å². The van der Waals surface area contributed by atoms with Gasteiger partial charge in [0, 0.05) is 11.8 Å². The number of urea groups is 1. The Morgan fingerprint density at radius 1 is 1.16 bits per heavy atom. The standard InChI is InChI=1S/C16H13ClF4N2O2/c17-14-5-4-11(9-13(14)16(19,20)21)23-15(24)22-6-7-25-12-3-1-2-10(18)8-12/h1-5,8-9H,6-7H2,(H2,22,23,24). The molecule has 2 rings (SSSR count). The minimum atomic E-state index is -4.62. The molecule has 0 aliphatic heterocycles. The lowest BCUT2D eigenvalue weighted by atomic mass is 10.2. The minimum Gasteiger partial charge on any atom is -0.492 e. The zero-order valence-electron chi connectivity index (χ0n) is 12.7. The molecule has 2 aromatic rings. The van der Waals surface area contributed by atoms with Gasteiger partial charge in [0.1, 0.15) is 18.2 Å². The summed E-state index contributed by atoms with van der Waals surface area (Å²) < 4.78 is 56.4. The van der Waals surface area contributed by atoms with E-state index in [-0.39, 0.29) is 18.8 Å². The fraction of sp³-hybridized carbons (Fsp3) is 0.188. The molecule has 25 heavy (non-hydrogen) atoms. The molecule has 0 radical (unpaired) electrons. The fourth-order valence-corrected chi connectivity index (χ4v) is 2.11. The van der Waals surface area contributed by atoms with Gasteiger partial charge < -0.3 is 15.4 Å². The van der Waals surface area contributed by atoms with E-state index < -0.39 is 28.6 Å². The second-order valence-electron chi connectivity index (χ2n) is 4.88. The van der Waals surface area contributed by atoms with Crippen LogP contribution in [0.5, 0.6) is 5.75 Å². The smallest absolute Gasteiger partial charge is 0.417 e. The Kier molecular flexibility index (Phi) is 6.08. The largest absolute Gasteiger partial charge is 0.492 e. The van der Waals surface area contributed by atoms with Crippen molar-refractivity contribution in [2.45, 2.75) is 6.18 Å². The van der Waals surface area contributed by atoms with Gasteiger partial charge in [0.15, 0.2) is 0 Å². The molecule has 2 amide bonds. The summed E-state index contributed by atoms with van der Waals surface area (Å²) in [6.07, 6.45) is -4.62. The van der Waals surface area contributed by atoms with Crippen LogP contribution in [0, 0.1) is 5.82 Å². The number of ether oxygens (including phenoxy) is 1. The van der Waals surface area contributed by atoms with E-state index in [1.54, 1.807) is 6.07 Å². The average Bonchev–Trinajstić information content (AvgIpc) is 2.52. The molecule has 0 bridgehead atoms. The quantitative estimate of drug-likeness (QED) is 0.587. The van der Waals surface area contributed by atoms with E-state index >= 15 is 0 Å². The summed E-state index contributed by atoms with van der Waals surface area (Å²) in [5, 5.41) is 4.21. The first-order valence-corrected chi connectivity index (χ1v) is 7.43. The molecule has 2 N–H and O–H groups in total. The van der Waals surface area contributed by atoms with Crippen LogP contribution < -0.4 is 15.4 Å². The van der Waals surface area contributed by atoms with E-state index in [4.69, 9.17) is 16.3 Å². The van der Waals surface area contributed by atoms with Gasteiger partial charge in [-0.1, -0.05) is 17.7 Å². The predicted molar refractivity (Wildman–Crippen MR) is 85.4 cm³/mol. The third-order valence-electron chi connectivity index (χ3n) is 2.98. The van der Waals surface area contributed by atoms with Crippen LogP contribution in [0.4, 0.5) is 28.0 Å². The number of rotatable bonds is 5. The zero-order valence-corrected chi connectivity index (χ0v) is 13.4. The Balaban J connectivity index is 1.82. The number of hydrogen-bond acceptors (Lipinski definition) is 2. The molecule has 2 aromatic carbocycles. The van der Waals surface area contributed by atoms with Crippen molar-refractivity contribution in [2.24, 2.45) is 0 Å². The highest BCUT2D eigenvalue weighted by Gasteiger charge is 2.33. The molecule has 0 atom stereocenters. The summed E-state index contributed by atoms with van der Waals surface area (Å²) in [6, 6.07) is 7.81. The van der Waals surface area contributed by atoms with Crippen molar-refractivity contribution in [3.63, 3.8) is 0 Å². The Bertz CT molecular complexity index is 753. The molecule has 9 heteroatoms. The summed E-state index contributed by atoms with van der Waals surface area (Å²) in [5.41, 5.74) is -1.10. The average molecular weight is 377 g/mol. The van der Waals surface area contributed by atoms with Crippen molar-refractivity contribution in [2.75, 3.05) is 18.5 Å². The molecule has 134 valence electrons. The van der Waals surface area contributed by atoms with Gasteiger partial charge >= 0.3 is 12.2 Å². The van der Waals surface area contributed by atoms with E-state index in [1.165, 1.54) is 24.3 Å². The fourth-order valence-electron chi connectivity index (χ4n) is 1.89. The first kappa shape index (κ1) is 18.9. The normalized spacial score (nSPS) is 11.1. The summed E-state index contributed by atoms with van der Waals surface area (Å²) in [4.78, 5) is 11.7. The van der Waals surface area contributed by atoms with E-state index in [1.807, 2.05) is 0 Å². The summed E-state index contributed by atoms with van der Waals surface area (Å²) in [7, 11) is 0. The zero-order chi connectivity index (χ0) is 18.4. The van der Waals surface area contributed by atoms with Crippen molar-refractivity contribution in [3.05, 3.63) is 58.9 Å². The molecule has 0 spiro atoms. The van der Waals surface area contributed by atoms with Crippen LogP contribution in [-0.2, 0) is 6.18 Å². The van der Waals surface area contributed by atoms with Crippen LogP contribution in [0.15, 0.2) is 42.5 Å². The maximum absolute atomic E-state index is 12.9. The Labute approximate surface area is 145 Å². The lowest BCUT2D eigenvalue weighted by Gasteiger charge is -2.12. The number of anilines is 1. The van der Waals surface area contributed by atoms with Gasteiger partial charge in [-0.15, -0.1) is 0 Å². The number of hydrogen-bond donors (Lipinski definition) is 2. The van der Waals surface area contributed by atoms with E-state index in [0.717, 1.165) is 12.1 Å². The molecular formula is C16H13ClF4N2O2. The van der Waals surface area contributed by atoms with Crippen LogP contribution in [0.1, 0.15) is 5.56 Å². The second-order valence-corrected chi connectivity index (χ2v) is 5.29. The van der Waals surface area contributed by atoms with Crippen LogP contribution in [0.25, 0.3) is 0 Å². The van der Waals surface area contributed by atoms with Gasteiger partial charge in [-0.3, -0.25) is 0 Å². The Morgan fingerprint density at radius 2 is 1.92 bits per heavy atom. The highest BCUT2D eigenvalue weighted by atomic mass is 35.5. The molecule has 4 nitrogen and oxygen atoms in total. The molecule has 0 aliphatic carbocycles. The number of benzene rings is 2. The van der Waals surface area contributed by atoms with Gasteiger partial charge in [0.2, 0.25) is 0 Å². The molecule has 0 saturated carbocycles. The van der Waals surface area contributed by atoms with Crippen molar-refractivity contribution in [1.29, 1.82) is 0 Å². The van der Waals surface area contributed by atoms with Crippen molar-refractivity contribution in [3.8, 4) is 5.75 Å². The van der Waals surface area contributed by atoms with Crippen LogP contribution in [0.3, 0.4) is 0 Å². The number of halogens is 5. The predicted octanol–water partition coefficient (Wildman–Crippen LogP) is 4.70. The second kappa shape index (κ2) is 8.06. The lowest BCUT2D eigenvalue weighted by molar-refractivity contribution is -0.137. The monoisotopic (exact) mass is 376 g/mol. The van der Waals surface area contributed by atoms with E-state index in [9.17, 15) is 22.4 Å². The van der Waals surface area contributed by atoms with Gasteiger partial charge in [-0.2, -0.15) is 13.2 Å².